The molecule has 6 nitrogen and oxygen atoms in total. The molecule has 0 saturated carbocycles. The van der Waals surface area contributed by atoms with Crippen LogP contribution in [0.3, 0.4) is 0 Å². The summed E-state index contributed by atoms with van der Waals surface area (Å²) < 4.78 is 14.6. The van der Waals surface area contributed by atoms with Gasteiger partial charge >= 0.3 is 0 Å². The Balaban J connectivity index is 2.01. The number of benzene rings is 1. The Kier molecular flexibility index (Phi) is 3.81. The zero-order valence-electron chi connectivity index (χ0n) is 9.71. The molecule has 0 atom stereocenters. The average Bonchev–Trinajstić information content (AvgIpc) is 2.80. The van der Waals surface area contributed by atoms with Gasteiger partial charge in [-0.15, -0.1) is 5.10 Å². The van der Waals surface area contributed by atoms with Crippen LogP contribution < -0.4 is 11.1 Å². The number of nitrogens with one attached hydrogen (secondary N) is 1. The molecule has 0 bridgehead atoms. The normalized spacial score (nSPS) is 10.2. The van der Waals surface area contributed by atoms with E-state index in [1.54, 1.807) is 6.07 Å². The minimum absolute atomic E-state index is 0.0493. The number of aromatic nitrogens is 3. The van der Waals surface area contributed by atoms with Crippen molar-refractivity contribution in [2.75, 3.05) is 5.32 Å². The van der Waals surface area contributed by atoms with Gasteiger partial charge in [-0.25, -0.2) is 14.1 Å². The van der Waals surface area contributed by atoms with E-state index in [0.717, 1.165) is 0 Å². The number of hydrogen-bond donors (Lipinski definition) is 2. The molecule has 2 rings (SSSR count). The first-order valence-electron chi connectivity index (χ1n) is 5.30. The lowest BCUT2D eigenvalue weighted by Gasteiger charge is -2.05. The molecule has 0 aliphatic carbocycles. The van der Waals surface area contributed by atoms with E-state index in [0.29, 0.717) is 0 Å². The van der Waals surface area contributed by atoms with Crippen LogP contribution >= 0.6 is 12.2 Å². The summed E-state index contributed by atoms with van der Waals surface area (Å²) in [4.78, 5) is 15.6. The lowest BCUT2D eigenvalue weighted by Crippen LogP contribution is -2.20. The summed E-state index contributed by atoms with van der Waals surface area (Å²) in [6.07, 6.45) is 1.33. The summed E-state index contributed by atoms with van der Waals surface area (Å²) >= 11 is 4.70. The third-order valence-electron chi connectivity index (χ3n) is 2.21. The van der Waals surface area contributed by atoms with E-state index in [9.17, 15) is 9.18 Å². The molecular formula is C11H10FN5OS. The molecule has 0 spiro atoms. The highest BCUT2D eigenvalue weighted by Gasteiger charge is 2.09. The molecular weight excluding hydrogens is 269 g/mol. The number of para-hydroxylation sites is 1. The highest BCUT2D eigenvalue weighted by molar-refractivity contribution is 7.80. The predicted octanol–water partition coefficient (Wildman–Crippen LogP) is 0.690. The van der Waals surface area contributed by atoms with Gasteiger partial charge in [0.1, 0.15) is 23.7 Å². The van der Waals surface area contributed by atoms with Crippen LogP contribution in [0.2, 0.25) is 0 Å². The van der Waals surface area contributed by atoms with Gasteiger partial charge in [0, 0.05) is 0 Å². The van der Waals surface area contributed by atoms with E-state index >= 15 is 0 Å². The molecule has 0 aliphatic heterocycles. The summed E-state index contributed by atoms with van der Waals surface area (Å²) in [5.41, 5.74) is 5.46. The van der Waals surface area contributed by atoms with E-state index in [-0.39, 0.29) is 23.0 Å². The summed E-state index contributed by atoms with van der Waals surface area (Å²) in [5.74, 6) is -0.739. The number of halogens is 1. The number of carbonyl (C=O) groups is 1. The molecule has 0 unspecified atom stereocenters. The molecule has 98 valence electrons. The molecule has 0 aliphatic rings. The Bertz CT molecular complexity index is 627. The average molecular weight is 279 g/mol. The van der Waals surface area contributed by atoms with Crippen molar-refractivity contribution in [1.29, 1.82) is 0 Å². The molecule has 1 aromatic carbocycles. The number of carbonyl (C=O) groups excluding carboxylic acids is 1. The Hall–Kier alpha value is -2.35. The third-order valence-corrected chi connectivity index (χ3v) is 2.39. The fourth-order valence-corrected chi connectivity index (χ4v) is 1.48. The highest BCUT2D eigenvalue weighted by atomic mass is 32.1. The Labute approximate surface area is 113 Å². The van der Waals surface area contributed by atoms with Gasteiger partial charge in [-0.1, -0.05) is 24.4 Å². The number of nitrogens with zero attached hydrogens (tertiary/aromatic N) is 3. The first kappa shape index (κ1) is 13.1. The molecule has 0 fully saturated rings. The van der Waals surface area contributed by atoms with Gasteiger partial charge in [-0.3, -0.25) is 4.79 Å². The Morgan fingerprint density at radius 2 is 2.21 bits per heavy atom. The van der Waals surface area contributed by atoms with Crippen LogP contribution in [-0.2, 0) is 11.3 Å². The fourth-order valence-electron chi connectivity index (χ4n) is 1.38. The van der Waals surface area contributed by atoms with Gasteiger partial charge in [0.15, 0.2) is 0 Å². The van der Waals surface area contributed by atoms with Crippen LogP contribution in [0.1, 0.15) is 5.82 Å². The third kappa shape index (κ3) is 3.32. The number of hydrogen-bond acceptors (Lipinski definition) is 4. The molecule has 1 amide bonds. The van der Waals surface area contributed by atoms with Gasteiger partial charge in [0.25, 0.3) is 0 Å². The molecule has 19 heavy (non-hydrogen) atoms. The van der Waals surface area contributed by atoms with Crippen LogP contribution in [0.25, 0.3) is 0 Å². The number of rotatable bonds is 4. The van der Waals surface area contributed by atoms with Crippen molar-refractivity contribution in [3.05, 3.63) is 42.2 Å². The first-order chi connectivity index (χ1) is 9.06. The standard InChI is InChI=1S/C11H10FN5OS/c12-7-3-1-2-4-8(7)15-9(18)5-17-6-14-11(16-17)10(13)19/h1-4,6H,5H2,(H2,13,19)(H,15,18). The summed E-state index contributed by atoms with van der Waals surface area (Å²) in [6.45, 7) is -0.107. The SMILES string of the molecule is NC(=S)c1ncn(CC(=O)Nc2ccccc2F)n1. The maximum Gasteiger partial charge on any atom is 0.246 e. The summed E-state index contributed by atoms with van der Waals surface area (Å²) in [6, 6.07) is 5.89. The topological polar surface area (TPSA) is 85.8 Å². The number of amides is 1. The molecule has 1 aromatic heterocycles. The molecule has 1 heterocycles. The van der Waals surface area contributed by atoms with Crippen LogP contribution in [0, 0.1) is 5.82 Å². The van der Waals surface area contributed by atoms with Gasteiger partial charge in [-0.05, 0) is 12.1 Å². The second-order valence-electron chi connectivity index (χ2n) is 3.66. The predicted molar refractivity (Wildman–Crippen MR) is 70.9 cm³/mol. The molecule has 2 aromatic rings. The van der Waals surface area contributed by atoms with Crippen molar-refractivity contribution in [1.82, 2.24) is 14.8 Å². The van der Waals surface area contributed by atoms with Crippen molar-refractivity contribution >= 4 is 28.8 Å². The quantitative estimate of drug-likeness (QED) is 0.804. The second-order valence-corrected chi connectivity index (χ2v) is 4.10. The van der Waals surface area contributed by atoms with E-state index in [4.69, 9.17) is 18.0 Å². The minimum atomic E-state index is -0.502. The molecule has 0 radical (unpaired) electrons. The van der Waals surface area contributed by atoms with Crippen molar-refractivity contribution in [2.24, 2.45) is 5.73 Å². The van der Waals surface area contributed by atoms with Crippen LogP contribution in [0.15, 0.2) is 30.6 Å². The van der Waals surface area contributed by atoms with E-state index < -0.39 is 11.7 Å². The van der Waals surface area contributed by atoms with Gasteiger partial charge in [0.05, 0.1) is 5.69 Å². The van der Waals surface area contributed by atoms with Crippen molar-refractivity contribution < 1.29 is 9.18 Å². The zero-order valence-corrected chi connectivity index (χ0v) is 10.5. The van der Waals surface area contributed by atoms with Crippen LogP contribution in [0.5, 0.6) is 0 Å². The van der Waals surface area contributed by atoms with Gasteiger partial charge < -0.3 is 11.1 Å². The van der Waals surface area contributed by atoms with E-state index in [1.807, 2.05) is 0 Å². The zero-order chi connectivity index (χ0) is 13.8. The molecule has 0 saturated heterocycles. The second kappa shape index (κ2) is 5.53. The fraction of sp³-hybridized carbons (Fsp3) is 0.0909. The van der Waals surface area contributed by atoms with Crippen molar-refractivity contribution in [2.45, 2.75) is 6.54 Å². The smallest absolute Gasteiger partial charge is 0.246 e. The highest BCUT2D eigenvalue weighted by Crippen LogP contribution is 2.12. The lowest BCUT2D eigenvalue weighted by atomic mass is 10.3. The monoisotopic (exact) mass is 279 g/mol. The van der Waals surface area contributed by atoms with Crippen molar-refractivity contribution in [3.8, 4) is 0 Å². The number of thiocarbonyl (C=S) groups is 1. The van der Waals surface area contributed by atoms with Crippen LogP contribution in [0.4, 0.5) is 10.1 Å². The summed E-state index contributed by atoms with van der Waals surface area (Å²) in [7, 11) is 0. The lowest BCUT2D eigenvalue weighted by molar-refractivity contribution is -0.116. The number of nitrogens with two attached hydrogens (primary N) is 1. The van der Waals surface area contributed by atoms with E-state index in [1.165, 1.54) is 29.2 Å². The first-order valence-corrected chi connectivity index (χ1v) is 5.70. The summed E-state index contributed by atoms with van der Waals surface area (Å²) in [5, 5.41) is 6.33. The van der Waals surface area contributed by atoms with Crippen LogP contribution in [-0.4, -0.2) is 25.7 Å². The molecule has 8 heteroatoms. The van der Waals surface area contributed by atoms with Gasteiger partial charge in [0.2, 0.25) is 11.7 Å². The molecule has 3 N–H and O–H groups in total. The largest absolute Gasteiger partial charge is 0.387 e. The van der Waals surface area contributed by atoms with Crippen molar-refractivity contribution in [3.63, 3.8) is 0 Å². The van der Waals surface area contributed by atoms with Gasteiger partial charge in [-0.2, -0.15) is 0 Å². The van der Waals surface area contributed by atoms with E-state index in [2.05, 4.69) is 15.4 Å². The Morgan fingerprint density at radius 1 is 1.47 bits per heavy atom. The minimum Gasteiger partial charge on any atom is -0.387 e. The maximum absolute atomic E-state index is 13.3. The Morgan fingerprint density at radius 3 is 2.84 bits per heavy atom. The maximum atomic E-state index is 13.3. The number of anilines is 1.